The fraction of sp³-hybridized carbons (Fsp3) is 0.429. The summed E-state index contributed by atoms with van der Waals surface area (Å²) in [6.45, 7) is 8.02. The molecule has 0 unspecified atom stereocenters. The lowest BCUT2D eigenvalue weighted by molar-refractivity contribution is 0.00578. The number of hydrogen-bond acceptors (Lipinski definition) is 6. The van der Waals surface area contributed by atoms with E-state index in [2.05, 4.69) is 9.97 Å². The zero-order valence-corrected chi connectivity index (χ0v) is 13.4. The highest BCUT2D eigenvalue weighted by Crippen LogP contribution is 2.36. The second-order valence-electron chi connectivity index (χ2n) is 6.10. The van der Waals surface area contributed by atoms with Gasteiger partial charge in [-0.15, -0.1) is 11.3 Å². The number of rotatable bonds is 2. The number of hydrogen-bond donors (Lipinski definition) is 1. The lowest BCUT2D eigenvalue weighted by Gasteiger charge is -2.32. The standard InChI is InChI=1S/C14H18BN3O2S/c1-13(2)14(3,4)20-15(19-13)9-8-17-12(18-11(9)16)10-6-5-7-21-10/h5-8H,1-4H3,(H2,16,17,18). The number of thiophene rings is 1. The maximum Gasteiger partial charge on any atom is 0.500 e. The Balaban J connectivity index is 1.91. The van der Waals surface area contributed by atoms with Crippen molar-refractivity contribution in [3.8, 4) is 10.7 Å². The molecule has 0 bridgehead atoms. The molecule has 0 amide bonds. The van der Waals surface area contributed by atoms with E-state index in [1.807, 2.05) is 45.2 Å². The molecule has 1 aliphatic heterocycles. The van der Waals surface area contributed by atoms with Gasteiger partial charge in [0.15, 0.2) is 5.82 Å². The Bertz CT molecular complexity index is 642. The van der Waals surface area contributed by atoms with Crippen LogP contribution in [0, 0.1) is 0 Å². The molecule has 7 heteroatoms. The van der Waals surface area contributed by atoms with Gasteiger partial charge in [-0.25, -0.2) is 9.97 Å². The van der Waals surface area contributed by atoms with Crippen molar-refractivity contribution in [2.75, 3.05) is 5.73 Å². The van der Waals surface area contributed by atoms with E-state index in [9.17, 15) is 0 Å². The number of aromatic nitrogens is 2. The summed E-state index contributed by atoms with van der Waals surface area (Å²) in [6, 6.07) is 3.93. The first-order chi connectivity index (χ1) is 9.80. The van der Waals surface area contributed by atoms with Crippen LogP contribution >= 0.6 is 11.3 Å². The van der Waals surface area contributed by atoms with Crippen molar-refractivity contribution in [3.63, 3.8) is 0 Å². The summed E-state index contributed by atoms with van der Waals surface area (Å²) in [7, 11) is -0.535. The highest BCUT2D eigenvalue weighted by atomic mass is 32.1. The van der Waals surface area contributed by atoms with Gasteiger partial charge in [-0.3, -0.25) is 0 Å². The SMILES string of the molecule is CC1(C)OB(c2cnc(-c3cccs3)nc2N)OC1(C)C. The number of nitrogens with two attached hydrogens (primary N) is 1. The summed E-state index contributed by atoms with van der Waals surface area (Å²) in [5.41, 5.74) is 5.94. The normalized spacial score (nSPS) is 19.9. The summed E-state index contributed by atoms with van der Waals surface area (Å²) in [5.74, 6) is 1.02. The molecule has 5 nitrogen and oxygen atoms in total. The Morgan fingerprint density at radius 2 is 1.86 bits per heavy atom. The third-order valence-corrected chi connectivity index (χ3v) is 4.96. The van der Waals surface area contributed by atoms with Crippen LogP contribution in [-0.2, 0) is 9.31 Å². The van der Waals surface area contributed by atoms with E-state index in [1.54, 1.807) is 17.5 Å². The molecule has 21 heavy (non-hydrogen) atoms. The molecule has 1 fully saturated rings. The van der Waals surface area contributed by atoms with Crippen molar-refractivity contribution in [3.05, 3.63) is 23.7 Å². The summed E-state index contributed by atoms with van der Waals surface area (Å²) in [5, 5.41) is 1.98. The minimum Gasteiger partial charge on any atom is -0.399 e. The Morgan fingerprint density at radius 3 is 2.38 bits per heavy atom. The van der Waals surface area contributed by atoms with Crippen LogP contribution in [-0.4, -0.2) is 28.3 Å². The lowest BCUT2D eigenvalue weighted by Crippen LogP contribution is -2.41. The average Bonchev–Trinajstić information content (AvgIpc) is 2.96. The van der Waals surface area contributed by atoms with E-state index >= 15 is 0 Å². The van der Waals surface area contributed by atoms with Crippen molar-refractivity contribution >= 4 is 29.7 Å². The van der Waals surface area contributed by atoms with Gasteiger partial charge in [-0.2, -0.15) is 0 Å². The molecule has 1 saturated heterocycles. The molecule has 2 N–H and O–H groups in total. The topological polar surface area (TPSA) is 70.3 Å². The molecule has 0 spiro atoms. The Morgan fingerprint density at radius 1 is 1.19 bits per heavy atom. The second kappa shape index (κ2) is 4.79. The van der Waals surface area contributed by atoms with E-state index in [4.69, 9.17) is 15.0 Å². The number of nitrogens with zero attached hydrogens (tertiary/aromatic N) is 2. The maximum absolute atomic E-state index is 6.08. The van der Waals surface area contributed by atoms with Gasteiger partial charge in [-0.1, -0.05) is 6.07 Å². The average molecular weight is 303 g/mol. The van der Waals surface area contributed by atoms with Crippen molar-refractivity contribution < 1.29 is 9.31 Å². The predicted octanol–water partition coefficient (Wildman–Crippen LogP) is 2.09. The lowest BCUT2D eigenvalue weighted by atomic mass is 9.80. The minimum atomic E-state index is -0.535. The summed E-state index contributed by atoms with van der Waals surface area (Å²) in [6.07, 6.45) is 1.69. The Labute approximate surface area is 128 Å². The van der Waals surface area contributed by atoms with E-state index in [-0.39, 0.29) is 0 Å². The smallest absolute Gasteiger partial charge is 0.399 e. The highest BCUT2D eigenvalue weighted by Gasteiger charge is 2.52. The molecule has 1 aliphatic rings. The van der Waals surface area contributed by atoms with Gasteiger partial charge in [0.05, 0.1) is 16.1 Å². The number of nitrogen functional groups attached to an aromatic ring is 1. The zero-order valence-electron chi connectivity index (χ0n) is 12.6. The van der Waals surface area contributed by atoms with E-state index in [0.29, 0.717) is 17.1 Å². The van der Waals surface area contributed by atoms with Crippen molar-refractivity contribution in [1.82, 2.24) is 9.97 Å². The molecule has 0 aromatic carbocycles. The van der Waals surface area contributed by atoms with Crippen molar-refractivity contribution in [2.24, 2.45) is 0 Å². The molecular weight excluding hydrogens is 285 g/mol. The number of anilines is 1. The summed E-state index contributed by atoms with van der Waals surface area (Å²) < 4.78 is 12.0. The first-order valence-corrected chi connectivity index (χ1v) is 7.70. The van der Waals surface area contributed by atoms with Gasteiger partial charge in [0.25, 0.3) is 0 Å². The summed E-state index contributed by atoms with van der Waals surface area (Å²) in [4.78, 5) is 9.74. The van der Waals surface area contributed by atoms with E-state index < -0.39 is 18.3 Å². The third kappa shape index (κ3) is 2.45. The van der Waals surface area contributed by atoms with Gasteiger partial charge < -0.3 is 15.0 Å². The summed E-state index contributed by atoms with van der Waals surface area (Å²) >= 11 is 1.58. The van der Waals surface area contributed by atoms with Crippen LogP contribution in [0.3, 0.4) is 0 Å². The quantitative estimate of drug-likeness (QED) is 0.860. The monoisotopic (exact) mass is 303 g/mol. The molecule has 3 heterocycles. The van der Waals surface area contributed by atoms with Crippen LogP contribution in [0.25, 0.3) is 10.7 Å². The van der Waals surface area contributed by atoms with Gasteiger partial charge in [-0.05, 0) is 39.1 Å². The largest absolute Gasteiger partial charge is 0.500 e. The molecule has 0 saturated carbocycles. The molecule has 2 aromatic rings. The van der Waals surface area contributed by atoms with Crippen LogP contribution in [0.4, 0.5) is 5.82 Å². The Kier molecular flexibility index (Phi) is 3.31. The van der Waals surface area contributed by atoms with Gasteiger partial charge in [0.2, 0.25) is 0 Å². The zero-order chi connectivity index (χ0) is 15.3. The highest BCUT2D eigenvalue weighted by molar-refractivity contribution is 7.13. The molecule has 3 rings (SSSR count). The third-order valence-electron chi connectivity index (χ3n) is 4.10. The van der Waals surface area contributed by atoms with Gasteiger partial charge in [0.1, 0.15) is 5.82 Å². The van der Waals surface area contributed by atoms with Crippen LogP contribution in [0.5, 0.6) is 0 Å². The van der Waals surface area contributed by atoms with Crippen molar-refractivity contribution in [1.29, 1.82) is 0 Å². The van der Waals surface area contributed by atoms with Crippen molar-refractivity contribution in [2.45, 2.75) is 38.9 Å². The van der Waals surface area contributed by atoms with Crippen LogP contribution in [0.15, 0.2) is 23.7 Å². The fourth-order valence-corrected chi connectivity index (χ4v) is 2.75. The van der Waals surface area contributed by atoms with Crippen LogP contribution in [0.2, 0.25) is 0 Å². The molecule has 2 aromatic heterocycles. The first-order valence-electron chi connectivity index (χ1n) is 6.82. The van der Waals surface area contributed by atoms with Crippen LogP contribution < -0.4 is 11.2 Å². The van der Waals surface area contributed by atoms with E-state index in [1.165, 1.54) is 0 Å². The molecular formula is C14H18BN3O2S. The Hall–Kier alpha value is -1.44. The second-order valence-corrected chi connectivity index (χ2v) is 7.05. The molecule has 0 aliphatic carbocycles. The predicted molar refractivity (Wildman–Crippen MR) is 85.5 cm³/mol. The van der Waals surface area contributed by atoms with E-state index in [0.717, 1.165) is 4.88 Å². The first kappa shape index (κ1) is 14.5. The van der Waals surface area contributed by atoms with Crippen LogP contribution in [0.1, 0.15) is 27.7 Å². The fourth-order valence-electron chi connectivity index (χ4n) is 2.08. The minimum absolute atomic E-state index is 0.395. The molecule has 110 valence electrons. The van der Waals surface area contributed by atoms with Gasteiger partial charge >= 0.3 is 7.12 Å². The maximum atomic E-state index is 6.08. The van der Waals surface area contributed by atoms with Gasteiger partial charge in [0, 0.05) is 11.7 Å². The molecule has 0 radical (unpaired) electrons. The molecule has 0 atom stereocenters.